The largest absolute Gasteiger partial charge is 0.497 e. The van der Waals surface area contributed by atoms with Crippen molar-refractivity contribution in [2.45, 2.75) is 29.9 Å². The Morgan fingerprint density at radius 2 is 1.79 bits per heavy atom. The maximum absolute atomic E-state index is 13.5. The van der Waals surface area contributed by atoms with Gasteiger partial charge in [0.15, 0.2) is 14.6 Å². The Kier molecular flexibility index (Phi) is 5.88. The van der Waals surface area contributed by atoms with Crippen LogP contribution in [-0.4, -0.2) is 37.8 Å². The van der Waals surface area contributed by atoms with E-state index in [1.54, 1.807) is 25.3 Å². The molecule has 0 bridgehead atoms. The van der Waals surface area contributed by atoms with E-state index in [4.69, 9.17) is 9.47 Å². The first-order valence-corrected chi connectivity index (χ1v) is 10.7. The average Bonchev–Trinajstić information content (AvgIpc) is 2.73. The van der Waals surface area contributed by atoms with Gasteiger partial charge in [-0.3, -0.25) is 9.78 Å². The molecule has 1 atom stereocenters. The first kappa shape index (κ1) is 20.8. The molecule has 0 aliphatic heterocycles. The number of esters is 1. The molecular weight excluding hydrogens is 390 g/mol. The van der Waals surface area contributed by atoms with Crippen LogP contribution in [0.2, 0.25) is 0 Å². The molecule has 1 heterocycles. The van der Waals surface area contributed by atoms with Crippen LogP contribution in [0.5, 0.6) is 5.75 Å². The third-order valence-corrected chi connectivity index (χ3v) is 7.25. The fraction of sp³-hybridized carbons (Fsp3) is 0.273. The Balaban J connectivity index is 2.06. The van der Waals surface area contributed by atoms with E-state index in [0.29, 0.717) is 11.3 Å². The monoisotopic (exact) mass is 413 g/mol. The van der Waals surface area contributed by atoms with Crippen molar-refractivity contribution in [3.63, 3.8) is 0 Å². The van der Waals surface area contributed by atoms with Crippen molar-refractivity contribution in [1.82, 2.24) is 4.98 Å². The van der Waals surface area contributed by atoms with E-state index >= 15 is 0 Å². The number of benzene rings is 2. The van der Waals surface area contributed by atoms with Crippen LogP contribution in [0.1, 0.15) is 19.4 Å². The number of rotatable bonds is 7. The van der Waals surface area contributed by atoms with Gasteiger partial charge in [0.1, 0.15) is 5.75 Å². The molecule has 29 heavy (non-hydrogen) atoms. The third kappa shape index (κ3) is 3.96. The average molecular weight is 413 g/mol. The number of ether oxygens (including phenoxy) is 2. The lowest BCUT2D eigenvalue weighted by Crippen LogP contribution is -2.47. The van der Waals surface area contributed by atoms with E-state index in [1.165, 1.54) is 26.2 Å². The molecule has 0 aliphatic rings. The van der Waals surface area contributed by atoms with Gasteiger partial charge in [0.2, 0.25) is 0 Å². The fourth-order valence-electron chi connectivity index (χ4n) is 3.18. The predicted octanol–water partition coefficient (Wildman–Crippen LogP) is 3.58. The molecule has 7 heteroatoms. The van der Waals surface area contributed by atoms with Crippen LogP contribution < -0.4 is 4.74 Å². The molecule has 0 saturated carbocycles. The number of aromatic nitrogens is 1. The van der Waals surface area contributed by atoms with Gasteiger partial charge in [-0.2, -0.15) is 0 Å². The number of para-hydroxylation sites is 1. The van der Waals surface area contributed by atoms with Crippen LogP contribution in [0.25, 0.3) is 10.9 Å². The third-order valence-electron chi connectivity index (χ3n) is 4.86. The lowest BCUT2D eigenvalue weighted by atomic mass is 10.0. The first-order chi connectivity index (χ1) is 13.8. The number of pyridine rings is 1. The Morgan fingerprint density at radius 3 is 2.45 bits per heavy atom. The summed E-state index contributed by atoms with van der Waals surface area (Å²) in [5.41, 5.74) is 1.43. The van der Waals surface area contributed by atoms with Crippen molar-refractivity contribution in [3.05, 3.63) is 66.4 Å². The minimum absolute atomic E-state index is 0.0302. The Bertz CT molecular complexity index is 1130. The highest BCUT2D eigenvalue weighted by molar-refractivity contribution is 7.93. The molecule has 3 rings (SSSR count). The van der Waals surface area contributed by atoms with Crippen LogP contribution in [-0.2, 0) is 25.8 Å². The maximum Gasteiger partial charge on any atom is 0.327 e. The number of hydrogen-bond donors (Lipinski definition) is 0. The van der Waals surface area contributed by atoms with Gasteiger partial charge in [0, 0.05) is 18.0 Å². The number of carbonyl (C=O) groups is 1. The van der Waals surface area contributed by atoms with E-state index < -0.39 is 20.6 Å². The van der Waals surface area contributed by atoms with Gasteiger partial charge in [-0.15, -0.1) is 0 Å². The number of hydrogen-bond acceptors (Lipinski definition) is 6. The number of sulfone groups is 1. The number of fused-ring (bicyclic) bond motifs is 1. The van der Waals surface area contributed by atoms with Crippen LogP contribution in [0.15, 0.2) is 65.7 Å². The van der Waals surface area contributed by atoms with Crippen molar-refractivity contribution < 1.29 is 22.7 Å². The molecule has 3 aromatic rings. The smallest absolute Gasteiger partial charge is 0.327 e. The molecule has 1 aromatic heterocycles. The van der Waals surface area contributed by atoms with Crippen molar-refractivity contribution in [1.29, 1.82) is 0 Å². The SMILES string of the molecule is CCOC(=O)C(C)(Cc1cnc2ccccc2c1)S(=O)(=O)c1ccc(OC)cc1. The molecule has 0 fully saturated rings. The van der Waals surface area contributed by atoms with E-state index in [1.807, 2.05) is 30.3 Å². The molecule has 1 unspecified atom stereocenters. The fourth-order valence-corrected chi connectivity index (χ4v) is 4.83. The van der Waals surface area contributed by atoms with Gasteiger partial charge in [-0.1, -0.05) is 18.2 Å². The molecule has 152 valence electrons. The second kappa shape index (κ2) is 8.21. The molecule has 6 nitrogen and oxygen atoms in total. The topological polar surface area (TPSA) is 82.6 Å². The Hall–Kier alpha value is -2.93. The van der Waals surface area contributed by atoms with Gasteiger partial charge in [-0.05, 0) is 55.8 Å². The molecule has 2 aromatic carbocycles. The zero-order valence-corrected chi connectivity index (χ0v) is 17.4. The van der Waals surface area contributed by atoms with E-state index in [0.717, 1.165) is 10.9 Å². The summed E-state index contributed by atoms with van der Waals surface area (Å²) in [4.78, 5) is 17.2. The summed E-state index contributed by atoms with van der Waals surface area (Å²) in [7, 11) is -2.56. The standard InChI is InChI=1S/C22H23NO5S/c1-4-28-21(24)22(2,29(25,26)19-11-9-18(27-3)10-12-19)14-16-13-17-7-5-6-8-20(17)23-15-16/h5-13,15H,4,14H2,1-3H3. The summed E-state index contributed by atoms with van der Waals surface area (Å²) in [5, 5.41) is 0.873. The molecular formula is C22H23NO5S. The molecule has 0 saturated heterocycles. The van der Waals surface area contributed by atoms with Crippen molar-refractivity contribution >= 4 is 26.7 Å². The van der Waals surface area contributed by atoms with E-state index in [9.17, 15) is 13.2 Å². The summed E-state index contributed by atoms with van der Waals surface area (Å²) in [6.07, 6.45) is 1.54. The maximum atomic E-state index is 13.5. The zero-order chi connectivity index (χ0) is 21.1. The zero-order valence-electron chi connectivity index (χ0n) is 16.6. The molecule has 0 spiro atoms. The summed E-state index contributed by atoms with van der Waals surface area (Å²) in [6, 6.07) is 15.4. The Morgan fingerprint density at radius 1 is 1.10 bits per heavy atom. The van der Waals surface area contributed by atoms with Crippen LogP contribution in [0.3, 0.4) is 0 Å². The first-order valence-electron chi connectivity index (χ1n) is 9.21. The quantitative estimate of drug-likeness (QED) is 0.551. The lowest BCUT2D eigenvalue weighted by Gasteiger charge is -2.27. The summed E-state index contributed by atoms with van der Waals surface area (Å²) < 4.78 is 35.4. The minimum Gasteiger partial charge on any atom is -0.497 e. The van der Waals surface area contributed by atoms with Gasteiger partial charge >= 0.3 is 5.97 Å². The second-order valence-corrected chi connectivity index (χ2v) is 9.22. The van der Waals surface area contributed by atoms with E-state index in [2.05, 4.69) is 4.98 Å². The Labute approximate surface area is 170 Å². The summed E-state index contributed by atoms with van der Waals surface area (Å²) in [6.45, 7) is 3.14. The second-order valence-electron chi connectivity index (χ2n) is 6.84. The van der Waals surface area contributed by atoms with Crippen molar-refractivity contribution in [2.24, 2.45) is 0 Å². The predicted molar refractivity (Wildman–Crippen MR) is 111 cm³/mol. The van der Waals surface area contributed by atoms with E-state index in [-0.39, 0.29) is 17.9 Å². The minimum atomic E-state index is -4.06. The van der Waals surface area contributed by atoms with Crippen LogP contribution in [0.4, 0.5) is 0 Å². The number of methoxy groups -OCH3 is 1. The summed E-state index contributed by atoms with van der Waals surface area (Å²) >= 11 is 0. The number of nitrogens with zero attached hydrogens (tertiary/aromatic N) is 1. The van der Waals surface area contributed by atoms with Crippen LogP contribution >= 0.6 is 0 Å². The highest BCUT2D eigenvalue weighted by Gasteiger charge is 2.48. The van der Waals surface area contributed by atoms with Gasteiger partial charge in [-0.25, -0.2) is 8.42 Å². The molecule has 0 radical (unpaired) electrons. The normalized spacial score (nSPS) is 13.6. The molecule has 0 aliphatic carbocycles. The van der Waals surface area contributed by atoms with Crippen LogP contribution in [0, 0.1) is 0 Å². The molecule has 0 amide bonds. The highest BCUT2D eigenvalue weighted by atomic mass is 32.2. The van der Waals surface area contributed by atoms with Gasteiger partial charge < -0.3 is 9.47 Å². The van der Waals surface area contributed by atoms with Gasteiger partial charge in [0.05, 0.1) is 24.1 Å². The molecule has 0 N–H and O–H groups in total. The number of carbonyl (C=O) groups excluding carboxylic acids is 1. The summed E-state index contributed by atoms with van der Waals surface area (Å²) in [5.74, 6) is -0.260. The van der Waals surface area contributed by atoms with Crippen molar-refractivity contribution in [2.75, 3.05) is 13.7 Å². The van der Waals surface area contributed by atoms with Gasteiger partial charge in [0.25, 0.3) is 0 Å². The highest BCUT2D eigenvalue weighted by Crippen LogP contribution is 2.32. The van der Waals surface area contributed by atoms with Crippen molar-refractivity contribution in [3.8, 4) is 5.75 Å². The lowest BCUT2D eigenvalue weighted by molar-refractivity contribution is -0.145.